The van der Waals surface area contributed by atoms with E-state index in [2.05, 4.69) is 0 Å². The molecule has 0 saturated heterocycles. The number of hydrogen-bond acceptors (Lipinski definition) is 3. The lowest BCUT2D eigenvalue weighted by atomic mass is 10.0. The summed E-state index contributed by atoms with van der Waals surface area (Å²) >= 11 is 5.38. The first-order chi connectivity index (χ1) is 8.10. The van der Waals surface area contributed by atoms with E-state index in [1.165, 1.54) is 12.1 Å². The molecule has 0 amide bonds. The molecule has 92 valence electrons. The topological polar surface area (TPSA) is 43.4 Å². The Hall–Kier alpha value is -1.42. The molecule has 1 aromatic rings. The van der Waals surface area contributed by atoms with Crippen LogP contribution in [0.5, 0.6) is 0 Å². The van der Waals surface area contributed by atoms with Crippen LogP contribution in [-0.4, -0.2) is 24.2 Å². The lowest BCUT2D eigenvalue weighted by Crippen LogP contribution is -2.14. The van der Waals surface area contributed by atoms with Crippen LogP contribution < -0.4 is 0 Å². The smallest absolute Gasteiger partial charge is 0.341 e. The minimum atomic E-state index is -0.761. The van der Waals surface area contributed by atoms with Crippen LogP contribution in [0, 0.1) is 5.82 Å². The van der Waals surface area contributed by atoms with Gasteiger partial charge in [-0.2, -0.15) is 0 Å². The first-order valence-electron chi connectivity index (χ1n) is 5.12. The molecule has 0 saturated carbocycles. The van der Waals surface area contributed by atoms with Crippen LogP contribution in [0.15, 0.2) is 18.2 Å². The summed E-state index contributed by atoms with van der Waals surface area (Å²) in [4.78, 5) is 22.8. The Labute approximate surface area is 104 Å². The van der Waals surface area contributed by atoms with E-state index in [-0.39, 0.29) is 30.3 Å². The normalized spacial score (nSPS) is 10.1. The van der Waals surface area contributed by atoms with Gasteiger partial charge in [0.05, 0.1) is 18.1 Å². The highest BCUT2D eigenvalue weighted by atomic mass is 35.5. The van der Waals surface area contributed by atoms with Gasteiger partial charge in [0.2, 0.25) is 0 Å². The van der Waals surface area contributed by atoms with Crippen LogP contribution in [0.25, 0.3) is 0 Å². The number of halogens is 2. The Kier molecular flexibility index (Phi) is 5.10. The number of hydrogen-bond donors (Lipinski definition) is 0. The minimum absolute atomic E-state index is 0.0740. The van der Waals surface area contributed by atoms with E-state index in [9.17, 15) is 14.0 Å². The van der Waals surface area contributed by atoms with Crippen LogP contribution in [-0.2, 0) is 16.0 Å². The van der Waals surface area contributed by atoms with Gasteiger partial charge in [-0.15, -0.1) is 11.6 Å². The van der Waals surface area contributed by atoms with Crippen molar-refractivity contribution in [2.75, 3.05) is 12.5 Å². The molecular weight excluding hydrogens is 247 g/mol. The largest absolute Gasteiger partial charge is 0.462 e. The highest BCUT2D eigenvalue weighted by Crippen LogP contribution is 2.16. The third-order valence-corrected chi connectivity index (χ3v) is 2.41. The molecule has 1 rings (SSSR count). The Morgan fingerprint density at radius 1 is 1.41 bits per heavy atom. The lowest BCUT2D eigenvalue weighted by molar-refractivity contribution is -0.116. The van der Waals surface area contributed by atoms with Crippen molar-refractivity contribution in [1.29, 1.82) is 0 Å². The summed E-state index contributed by atoms with van der Waals surface area (Å²) in [6, 6.07) is 4.11. The third kappa shape index (κ3) is 3.53. The third-order valence-electron chi connectivity index (χ3n) is 2.12. The van der Waals surface area contributed by atoms with Crippen LogP contribution in [0.4, 0.5) is 4.39 Å². The van der Waals surface area contributed by atoms with Crippen LogP contribution in [0.3, 0.4) is 0 Å². The number of benzene rings is 1. The van der Waals surface area contributed by atoms with Crippen molar-refractivity contribution in [3.63, 3.8) is 0 Å². The van der Waals surface area contributed by atoms with E-state index in [0.29, 0.717) is 5.56 Å². The molecule has 0 spiro atoms. The summed E-state index contributed by atoms with van der Waals surface area (Å²) in [6.07, 6.45) is -0.0740. The minimum Gasteiger partial charge on any atom is -0.462 e. The van der Waals surface area contributed by atoms with Gasteiger partial charge in [0.15, 0.2) is 5.78 Å². The van der Waals surface area contributed by atoms with Gasteiger partial charge in [-0.1, -0.05) is 12.1 Å². The summed E-state index contributed by atoms with van der Waals surface area (Å²) < 4.78 is 18.3. The fraction of sp³-hybridized carbons (Fsp3) is 0.333. The second-order valence-corrected chi connectivity index (χ2v) is 3.61. The number of carbonyl (C=O) groups excluding carboxylic acids is 2. The molecule has 0 N–H and O–H groups in total. The second-order valence-electron chi connectivity index (χ2n) is 3.34. The average molecular weight is 259 g/mol. The quantitative estimate of drug-likeness (QED) is 0.601. The maximum atomic E-state index is 13.5. The summed E-state index contributed by atoms with van der Waals surface area (Å²) in [7, 11) is 0. The molecule has 0 fully saturated rings. The molecule has 5 heteroatoms. The Balaban J connectivity index is 3.08. The molecule has 0 radical (unpaired) electrons. The van der Waals surface area contributed by atoms with E-state index in [0.717, 1.165) is 6.07 Å². The molecule has 0 aromatic heterocycles. The molecule has 0 bridgehead atoms. The molecule has 0 atom stereocenters. The van der Waals surface area contributed by atoms with Gasteiger partial charge >= 0.3 is 5.97 Å². The molecular formula is C12H12ClFO3. The van der Waals surface area contributed by atoms with Crippen molar-refractivity contribution < 1.29 is 18.7 Å². The zero-order valence-corrected chi connectivity index (χ0v) is 10.1. The molecule has 0 heterocycles. The highest BCUT2D eigenvalue weighted by molar-refractivity contribution is 6.27. The number of esters is 1. The van der Waals surface area contributed by atoms with Crippen LogP contribution in [0.2, 0.25) is 0 Å². The van der Waals surface area contributed by atoms with Crippen molar-refractivity contribution in [3.05, 3.63) is 35.1 Å². The number of rotatable bonds is 5. The zero-order valence-electron chi connectivity index (χ0n) is 9.33. The standard InChI is InChI=1S/C12H12ClFO3/c1-2-17-12(16)11-8(6-9(15)7-13)4-3-5-10(11)14/h3-5H,2,6-7H2,1H3. The predicted octanol–water partition coefficient (Wildman–Crippen LogP) is 2.35. The maximum absolute atomic E-state index is 13.5. The first kappa shape index (κ1) is 13.6. The maximum Gasteiger partial charge on any atom is 0.341 e. The summed E-state index contributed by atoms with van der Waals surface area (Å²) in [5.41, 5.74) is 0.113. The molecule has 17 heavy (non-hydrogen) atoms. The van der Waals surface area contributed by atoms with Crippen molar-refractivity contribution in [2.45, 2.75) is 13.3 Å². The Morgan fingerprint density at radius 3 is 2.71 bits per heavy atom. The van der Waals surface area contributed by atoms with E-state index in [4.69, 9.17) is 16.3 Å². The van der Waals surface area contributed by atoms with Gasteiger partial charge < -0.3 is 4.74 Å². The second kappa shape index (κ2) is 6.35. The van der Waals surface area contributed by atoms with Gasteiger partial charge in [-0.3, -0.25) is 4.79 Å². The number of ketones is 1. The van der Waals surface area contributed by atoms with E-state index in [1.54, 1.807) is 6.92 Å². The zero-order chi connectivity index (χ0) is 12.8. The van der Waals surface area contributed by atoms with Crippen LogP contribution >= 0.6 is 11.6 Å². The van der Waals surface area contributed by atoms with Crippen molar-refractivity contribution in [1.82, 2.24) is 0 Å². The first-order valence-corrected chi connectivity index (χ1v) is 5.65. The fourth-order valence-electron chi connectivity index (χ4n) is 1.41. The summed E-state index contributed by atoms with van der Waals surface area (Å²) in [5.74, 6) is -1.90. The number of alkyl halides is 1. The summed E-state index contributed by atoms with van der Waals surface area (Å²) in [5, 5.41) is 0. The molecule has 1 aromatic carbocycles. The van der Waals surface area contributed by atoms with Crippen LogP contribution in [0.1, 0.15) is 22.8 Å². The summed E-state index contributed by atoms with van der Waals surface area (Å²) in [6.45, 7) is 1.78. The molecule has 0 aliphatic rings. The fourth-order valence-corrected chi connectivity index (χ4v) is 1.50. The van der Waals surface area contributed by atoms with Gasteiger partial charge in [0.25, 0.3) is 0 Å². The monoisotopic (exact) mass is 258 g/mol. The molecule has 0 aliphatic heterocycles. The number of carbonyl (C=O) groups is 2. The van der Waals surface area contributed by atoms with E-state index >= 15 is 0 Å². The van der Waals surface area contributed by atoms with Gasteiger partial charge in [-0.05, 0) is 18.6 Å². The Bertz CT molecular complexity index is 432. The van der Waals surface area contributed by atoms with Gasteiger partial charge in [-0.25, -0.2) is 9.18 Å². The average Bonchev–Trinajstić information content (AvgIpc) is 2.29. The number of ether oxygens (including phenoxy) is 1. The van der Waals surface area contributed by atoms with Gasteiger partial charge in [0, 0.05) is 6.42 Å². The SMILES string of the molecule is CCOC(=O)c1c(F)cccc1CC(=O)CCl. The molecule has 0 unspecified atom stereocenters. The van der Waals surface area contributed by atoms with Crippen molar-refractivity contribution in [3.8, 4) is 0 Å². The highest BCUT2D eigenvalue weighted by Gasteiger charge is 2.19. The molecule has 3 nitrogen and oxygen atoms in total. The van der Waals surface area contributed by atoms with Crippen molar-refractivity contribution in [2.24, 2.45) is 0 Å². The van der Waals surface area contributed by atoms with Crippen molar-refractivity contribution >= 4 is 23.4 Å². The Morgan fingerprint density at radius 2 is 2.12 bits per heavy atom. The lowest BCUT2D eigenvalue weighted by Gasteiger charge is -2.08. The molecule has 0 aliphatic carbocycles. The van der Waals surface area contributed by atoms with E-state index in [1.807, 2.05) is 0 Å². The van der Waals surface area contributed by atoms with E-state index < -0.39 is 11.8 Å². The number of Topliss-reactive ketones (excluding diaryl/α,β-unsaturated/α-hetero) is 1. The predicted molar refractivity (Wildman–Crippen MR) is 61.8 cm³/mol. The van der Waals surface area contributed by atoms with Gasteiger partial charge in [0.1, 0.15) is 5.82 Å².